The number of imide groups is 1. The Bertz CT molecular complexity index is 1120. The van der Waals surface area contributed by atoms with Crippen molar-refractivity contribution < 1.29 is 23.9 Å². The number of carbonyl (C=O) groups is 3. The van der Waals surface area contributed by atoms with E-state index in [0.717, 1.165) is 23.1 Å². The molecule has 1 heterocycles. The summed E-state index contributed by atoms with van der Waals surface area (Å²) in [6.45, 7) is 3.58. The van der Waals surface area contributed by atoms with Crippen LogP contribution in [0.4, 0.5) is 10.5 Å². The number of nitrogens with zero attached hydrogens (tertiary/aromatic N) is 1. The van der Waals surface area contributed by atoms with Crippen LogP contribution in [0.3, 0.4) is 0 Å². The molecule has 0 aromatic heterocycles. The molecule has 33 heavy (non-hydrogen) atoms. The number of nitrogens with one attached hydrogen (secondary N) is 1. The van der Waals surface area contributed by atoms with Crippen molar-refractivity contribution in [2.45, 2.75) is 26.4 Å². The normalized spacial score (nSPS) is 15.7. The predicted octanol–water partition coefficient (Wildman–Crippen LogP) is 5.96. The van der Waals surface area contributed by atoms with Crippen LogP contribution in [0.2, 0.25) is 5.02 Å². The molecule has 0 aliphatic carbocycles. The summed E-state index contributed by atoms with van der Waals surface area (Å²) in [6, 6.07) is 10.2. The van der Waals surface area contributed by atoms with Crippen molar-refractivity contribution in [3.05, 3.63) is 56.4 Å². The zero-order chi connectivity index (χ0) is 24.1. The fourth-order valence-electron chi connectivity index (χ4n) is 2.88. The largest absolute Gasteiger partial charge is 0.493 e. The molecule has 0 unspecified atom stereocenters. The Morgan fingerprint density at radius 2 is 2.00 bits per heavy atom. The second kappa shape index (κ2) is 11.1. The van der Waals surface area contributed by atoms with Crippen LogP contribution in [0.15, 0.2) is 45.8 Å². The number of ether oxygens (including phenoxy) is 2. The summed E-state index contributed by atoms with van der Waals surface area (Å²) in [5.41, 5.74) is 1.13. The van der Waals surface area contributed by atoms with E-state index in [1.165, 1.54) is 7.11 Å². The van der Waals surface area contributed by atoms with Gasteiger partial charge in [-0.1, -0.05) is 24.6 Å². The Labute approximate surface area is 209 Å². The van der Waals surface area contributed by atoms with Crippen LogP contribution in [0.1, 0.15) is 25.8 Å². The van der Waals surface area contributed by atoms with Crippen molar-refractivity contribution in [3.63, 3.8) is 0 Å². The molecular weight excluding hydrogens is 532 g/mol. The standard InChI is InChI=1S/C23H22BrClN2O5S/c1-4-13(2)32-18-8-5-14(9-19(18)31-3)10-20-22(29)27(23(30)33-20)12-21(28)26-15-6-7-16(24)17(25)11-15/h5-11,13H,4,12H2,1-3H3,(H,26,28)/b20-10-/t13-/m1/s1. The minimum atomic E-state index is -0.534. The highest BCUT2D eigenvalue weighted by molar-refractivity contribution is 9.10. The van der Waals surface area contributed by atoms with Crippen molar-refractivity contribution in [1.29, 1.82) is 0 Å². The number of hydrogen-bond donors (Lipinski definition) is 1. The average Bonchev–Trinajstić information content (AvgIpc) is 3.04. The van der Waals surface area contributed by atoms with Crippen molar-refractivity contribution in [2.24, 2.45) is 0 Å². The van der Waals surface area contributed by atoms with Crippen molar-refractivity contribution in [2.75, 3.05) is 19.0 Å². The molecule has 10 heteroatoms. The molecule has 1 fully saturated rings. The average molecular weight is 554 g/mol. The molecular formula is C23H22BrClN2O5S. The number of methoxy groups -OCH3 is 1. The van der Waals surface area contributed by atoms with Gasteiger partial charge in [-0.05, 0) is 83.0 Å². The smallest absolute Gasteiger partial charge is 0.294 e. The number of anilines is 1. The van der Waals surface area contributed by atoms with E-state index in [2.05, 4.69) is 21.2 Å². The van der Waals surface area contributed by atoms with Gasteiger partial charge in [0.1, 0.15) is 6.54 Å². The molecule has 1 aliphatic rings. The molecule has 3 rings (SSSR count). The topological polar surface area (TPSA) is 84.9 Å². The molecule has 1 aliphatic heterocycles. The Balaban J connectivity index is 1.71. The van der Waals surface area contributed by atoms with E-state index in [-0.39, 0.29) is 11.0 Å². The first kappa shape index (κ1) is 25.1. The van der Waals surface area contributed by atoms with Crippen molar-refractivity contribution >= 4 is 68.1 Å². The van der Waals surface area contributed by atoms with Gasteiger partial charge in [-0.25, -0.2) is 0 Å². The summed E-state index contributed by atoms with van der Waals surface area (Å²) >= 11 is 10.1. The fourth-order valence-corrected chi connectivity index (χ4v) is 4.14. The van der Waals surface area contributed by atoms with Gasteiger partial charge in [-0.3, -0.25) is 19.3 Å². The number of halogens is 2. The lowest BCUT2D eigenvalue weighted by atomic mass is 10.1. The summed E-state index contributed by atoms with van der Waals surface area (Å²) in [5, 5.41) is 2.55. The van der Waals surface area contributed by atoms with Crippen LogP contribution in [0, 0.1) is 0 Å². The highest BCUT2D eigenvalue weighted by Gasteiger charge is 2.36. The molecule has 0 spiro atoms. The van der Waals surface area contributed by atoms with Crippen LogP contribution in [-0.2, 0) is 9.59 Å². The highest BCUT2D eigenvalue weighted by atomic mass is 79.9. The van der Waals surface area contributed by atoms with Crippen LogP contribution in [0.25, 0.3) is 6.08 Å². The predicted molar refractivity (Wildman–Crippen MR) is 134 cm³/mol. The van der Waals surface area contributed by atoms with E-state index in [1.807, 2.05) is 13.8 Å². The number of carbonyl (C=O) groups excluding carboxylic acids is 3. The molecule has 7 nitrogen and oxygen atoms in total. The van der Waals surface area contributed by atoms with E-state index in [0.29, 0.717) is 32.2 Å². The third kappa shape index (κ3) is 6.31. The van der Waals surface area contributed by atoms with Gasteiger partial charge >= 0.3 is 0 Å². The lowest BCUT2D eigenvalue weighted by Crippen LogP contribution is -2.36. The van der Waals surface area contributed by atoms with Crippen LogP contribution >= 0.6 is 39.3 Å². The van der Waals surface area contributed by atoms with Gasteiger partial charge in [0, 0.05) is 10.2 Å². The zero-order valence-corrected chi connectivity index (χ0v) is 21.3. The fraction of sp³-hybridized carbons (Fsp3) is 0.261. The first-order valence-electron chi connectivity index (χ1n) is 10.1. The van der Waals surface area contributed by atoms with Crippen molar-refractivity contribution in [3.8, 4) is 11.5 Å². The summed E-state index contributed by atoms with van der Waals surface area (Å²) in [5.74, 6) is 0.0793. The SMILES string of the molecule is CC[C@@H](C)Oc1ccc(/C=C2\SC(=O)N(CC(=O)Nc3ccc(Br)c(Cl)c3)C2=O)cc1OC. The van der Waals surface area contributed by atoms with Gasteiger partial charge in [-0.15, -0.1) is 0 Å². The van der Waals surface area contributed by atoms with Gasteiger partial charge in [-0.2, -0.15) is 0 Å². The third-order valence-corrected chi connectivity index (χ3v) is 6.91. The minimum absolute atomic E-state index is 0.0285. The number of amides is 3. The molecule has 0 bridgehead atoms. The van der Waals surface area contributed by atoms with Crippen LogP contribution in [-0.4, -0.2) is 41.7 Å². The lowest BCUT2D eigenvalue weighted by Gasteiger charge is -2.15. The van der Waals surface area contributed by atoms with Gasteiger partial charge in [0.25, 0.3) is 11.1 Å². The molecule has 0 saturated carbocycles. The quantitative estimate of drug-likeness (QED) is 0.406. The maximum Gasteiger partial charge on any atom is 0.294 e. The van der Waals surface area contributed by atoms with Crippen molar-refractivity contribution in [1.82, 2.24) is 4.90 Å². The molecule has 1 atom stereocenters. The summed E-state index contributed by atoms with van der Waals surface area (Å²) < 4.78 is 11.9. The molecule has 1 N–H and O–H groups in total. The molecule has 174 valence electrons. The Morgan fingerprint density at radius 3 is 2.67 bits per heavy atom. The first-order valence-corrected chi connectivity index (χ1v) is 12.1. The maximum absolute atomic E-state index is 12.8. The Hall–Kier alpha value is -2.49. The Kier molecular flexibility index (Phi) is 8.45. The van der Waals surface area contributed by atoms with E-state index in [4.69, 9.17) is 21.1 Å². The molecule has 1 saturated heterocycles. The maximum atomic E-state index is 12.8. The van der Waals surface area contributed by atoms with E-state index in [9.17, 15) is 14.4 Å². The van der Waals surface area contributed by atoms with E-state index >= 15 is 0 Å². The first-order chi connectivity index (χ1) is 15.7. The van der Waals surface area contributed by atoms with Crippen LogP contribution in [0.5, 0.6) is 11.5 Å². The monoisotopic (exact) mass is 552 g/mol. The lowest BCUT2D eigenvalue weighted by molar-refractivity contribution is -0.127. The van der Waals surface area contributed by atoms with E-state index in [1.54, 1.807) is 42.5 Å². The summed E-state index contributed by atoms with van der Waals surface area (Å²) in [7, 11) is 1.54. The highest BCUT2D eigenvalue weighted by Crippen LogP contribution is 2.35. The number of rotatable bonds is 8. The Morgan fingerprint density at radius 1 is 1.24 bits per heavy atom. The van der Waals surface area contributed by atoms with Gasteiger partial charge in [0.15, 0.2) is 11.5 Å². The number of thioether (sulfide) groups is 1. The van der Waals surface area contributed by atoms with Gasteiger partial charge < -0.3 is 14.8 Å². The van der Waals surface area contributed by atoms with Crippen LogP contribution < -0.4 is 14.8 Å². The zero-order valence-electron chi connectivity index (χ0n) is 18.2. The minimum Gasteiger partial charge on any atom is -0.493 e. The molecule has 2 aromatic rings. The number of benzene rings is 2. The number of hydrogen-bond acceptors (Lipinski definition) is 6. The molecule has 3 amide bonds. The molecule has 2 aromatic carbocycles. The molecule has 0 radical (unpaired) electrons. The van der Waals surface area contributed by atoms with Gasteiger partial charge in [0.2, 0.25) is 5.91 Å². The van der Waals surface area contributed by atoms with Gasteiger partial charge in [0.05, 0.1) is 23.1 Å². The second-order valence-corrected chi connectivity index (χ2v) is 9.45. The van der Waals surface area contributed by atoms with E-state index < -0.39 is 23.6 Å². The third-order valence-electron chi connectivity index (χ3n) is 4.77. The second-order valence-electron chi connectivity index (χ2n) is 7.19. The summed E-state index contributed by atoms with van der Waals surface area (Å²) in [4.78, 5) is 38.7. The summed E-state index contributed by atoms with van der Waals surface area (Å²) in [6.07, 6.45) is 2.47.